The van der Waals surface area contributed by atoms with Crippen molar-refractivity contribution in [2.24, 2.45) is 5.92 Å². The van der Waals surface area contributed by atoms with Gasteiger partial charge in [0.1, 0.15) is 11.0 Å². The first-order valence-corrected chi connectivity index (χ1v) is 11.3. The number of rotatable bonds is 7. The molecule has 3 heterocycles. The van der Waals surface area contributed by atoms with Crippen LogP contribution in [0.2, 0.25) is 5.15 Å². The van der Waals surface area contributed by atoms with Crippen molar-refractivity contribution in [3.63, 3.8) is 0 Å². The Bertz CT molecular complexity index is 903. The van der Waals surface area contributed by atoms with Gasteiger partial charge in [-0.1, -0.05) is 29.4 Å². The largest absolute Gasteiger partial charge is 0.353 e. The average Bonchev–Trinajstić information content (AvgIpc) is 3.62. The molecule has 10 heteroatoms. The first kappa shape index (κ1) is 20.9. The minimum absolute atomic E-state index is 0.110. The monoisotopic (exact) mass is 446 g/mol. The van der Waals surface area contributed by atoms with Crippen LogP contribution in [-0.4, -0.2) is 63.6 Å². The third kappa shape index (κ3) is 5.60. The van der Waals surface area contributed by atoms with Crippen LogP contribution in [0.5, 0.6) is 0 Å². The van der Waals surface area contributed by atoms with Gasteiger partial charge in [-0.05, 0) is 24.5 Å². The smallest absolute Gasteiger partial charge is 0.230 e. The number of carbonyl (C=O) groups is 2. The quantitative estimate of drug-likeness (QED) is 0.395. The van der Waals surface area contributed by atoms with Crippen molar-refractivity contribution in [3.8, 4) is 0 Å². The number of carbonyl (C=O) groups excluding carboxylic acids is 2. The second-order valence-corrected chi connectivity index (χ2v) is 8.67. The molecule has 30 heavy (non-hydrogen) atoms. The van der Waals surface area contributed by atoms with Crippen molar-refractivity contribution in [1.82, 2.24) is 25.2 Å². The minimum atomic E-state index is -0.110. The summed E-state index contributed by atoms with van der Waals surface area (Å²) in [6, 6.07) is 5.47. The number of nitrogens with zero attached hydrogens (tertiary/aromatic N) is 5. The van der Waals surface area contributed by atoms with E-state index in [2.05, 4.69) is 25.2 Å². The van der Waals surface area contributed by atoms with Crippen LogP contribution in [0.1, 0.15) is 18.4 Å². The lowest BCUT2D eigenvalue weighted by Crippen LogP contribution is -2.49. The predicted molar refractivity (Wildman–Crippen MR) is 115 cm³/mol. The fourth-order valence-corrected chi connectivity index (χ4v) is 4.15. The Labute approximate surface area is 184 Å². The summed E-state index contributed by atoms with van der Waals surface area (Å²) >= 11 is 7.44. The maximum absolute atomic E-state index is 12.2. The summed E-state index contributed by atoms with van der Waals surface area (Å²) in [4.78, 5) is 41.2. The number of nitrogens with one attached hydrogen (secondary N) is 1. The molecule has 0 radical (unpaired) electrons. The highest BCUT2D eigenvalue weighted by Crippen LogP contribution is 2.31. The fraction of sp³-hybridized carbons (Fsp3) is 0.450. The van der Waals surface area contributed by atoms with Crippen LogP contribution in [0, 0.1) is 5.92 Å². The van der Waals surface area contributed by atoms with Gasteiger partial charge < -0.3 is 15.1 Å². The van der Waals surface area contributed by atoms with Crippen molar-refractivity contribution in [1.29, 1.82) is 0 Å². The number of pyridine rings is 1. The van der Waals surface area contributed by atoms with Gasteiger partial charge in [-0.3, -0.25) is 14.6 Å². The molecule has 1 aliphatic heterocycles. The fourth-order valence-electron chi connectivity index (χ4n) is 3.24. The molecule has 0 aromatic carbocycles. The zero-order valence-corrected chi connectivity index (χ0v) is 18.0. The molecular weight excluding hydrogens is 424 g/mol. The topological polar surface area (TPSA) is 91.3 Å². The number of amides is 2. The van der Waals surface area contributed by atoms with Crippen molar-refractivity contribution >= 4 is 41.0 Å². The van der Waals surface area contributed by atoms with Crippen LogP contribution in [0.4, 0.5) is 5.82 Å². The molecule has 1 saturated carbocycles. The van der Waals surface area contributed by atoms with E-state index in [1.165, 1.54) is 11.8 Å². The molecule has 2 amide bonds. The summed E-state index contributed by atoms with van der Waals surface area (Å²) in [6.07, 6.45) is 5.46. The number of hydrogen-bond acceptors (Lipinski definition) is 7. The highest BCUT2D eigenvalue weighted by molar-refractivity contribution is 7.99. The normalized spacial score (nSPS) is 16.4. The van der Waals surface area contributed by atoms with E-state index in [-0.39, 0.29) is 23.5 Å². The molecule has 0 unspecified atom stereocenters. The van der Waals surface area contributed by atoms with Crippen LogP contribution in [0.25, 0.3) is 0 Å². The third-order valence-electron chi connectivity index (χ3n) is 5.05. The first-order valence-electron chi connectivity index (χ1n) is 9.95. The van der Waals surface area contributed by atoms with Crippen molar-refractivity contribution < 1.29 is 9.59 Å². The first-order chi connectivity index (χ1) is 14.6. The lowest BCUT2D eigenvalue weighted by atomic mass is 10.2. The van der Waals surface area contributed by atoms with Crippen LogP contribution in [0.15, 0.2) is 35.7 Å². The highest BCUT2D eigenvalue weighted by atomic mass is 35.5. The Hall–Kier alpha value is -2.39. The molecular formula is C20H23ClN6O2S. The van der Waals surface area contributed by atoms with Gasteiger partial charge in [0.2, 0.25) is 11.8 Å². The standard InChI is InChI=1S/C20H23ClN6O2S/c21-16-10-17(26-6-8-27(9-7-26)19(29)15-3-4-15)25-20(24-16)30-13-18(28)23-12-14-2-1-5-22-11-14/h1-2,5,10-11,15H,3-4,6-9,12-13H2,(H,23,28). The molecule has 8 nitrogen and oxygen atoms in total. The van der Waals surface area contributed by atoms with Gasteiger partial charge in [-0.25, -0.2) is 9.97 Å². The van der Waals surface area contributed by atoms with Crippen molar-refractivity contribution in [3.05, 3.63) is 41.3 Å². The second-order valence-electron chi connectivity index (χ2n) is 7.34. The number of anilines is 1. The van der Waals surface area contributed by atoms with E-state index in [1.54, 1.807) is 18.5 Å². The molecule has 2 aromatic rings. The number of halogens is 1. The Morgan fingerprint density at radius 3 is 2.70 bits per heavy atom. The van der Waals surface area contributed by atoms with Gasteiger partial charge in [0.05, 0.1) is 5.75 Å². The summed E-state index contributed by atoms with van der Waals surface area (Å²) in [6.45, 7) is 3.23. The second kappa shape index (κ2) is 9.61. The zero-order chi connectivity index (χ0) is 20.9. The van der Waals surface area contributed by atoms with Crippen LogP contribution in [0.3, 0.4) is 0 Å². The van der Waals surface area contributed by atoms with Crippen LogP contribution < -0.4 is 10.2 Å². The molecule has 1 saturated heterocycles. The minimum Gasteiger partial charge on any atom is -0.353 e. The number of aromatic nitrogens is 3. The van der Waals surface area contributed by atoms with E-state index in [0.717, 1.165) is 24.2 Å². The summed E-state index contributed by atoms with van der Waals surface area (Å²) < 4.78 is 0. The maximum Gasteiger partial charge on any atom is 0.230 e. The summed E-state index contributed by atoms with van der Waals surface area (Å²) in [5, 5.41) is 3.66. The van der Waals surface area contributed by atoms with E-state index >= 15 is 0 Å². The molecule has 2 fully saturated rings. The van der Waals surface area contributed by atoms with E-state index in [9.17, 15) is 9.59 Å². The van der Waals surface area contributed by atoms with E-state index < -0.39 is 0 Å². The van der Waals surface area contributed by atoms with Gasteiger partial charge in [-0.15, -0.1) is 0 Å². The van der Waals surface area contributed by atoms with Crippen molar-refractivity contribution in [2.75, 3.05) is 36.8 Å². The maximum atomic E-state index is 12.2. The van der Waals surface area contributed by atoms with Gasteiger partial charge in [0.15, 0.2) is 5.16 Å². The Balaban J connectivity index is 1.28. The average molecular weight is 447 g/mol. The lowest BCUT2D eigenvalue weighted by molar-refractivity contribution is -0.132. The molecule has 2 aromatic heterocycles. The Kier molecular flexibility index (Phi) is 6.69. The summed E-state index contributed by atoms with van der Waals surface area (Å²) in [7, 11) is 0. The Morgan fingerprint density at radius 2 is 2.00 bits per heavy atom. The Morgan fingerprint density at radius 1 is 1.20 bits per heavy atom. The highest BCUT2D eigenvalue weighted by Gasteiger charge is 2.34. The summed E-state index contributed by atoms with van der Waals surface area (Å²) in [5.41, 5.74) is 0.941. The zero-order valence-electron chi connectivity index (χ0n) is 16.5. The molecule has 0 atom stereocenters. The van der Waals surface area contributed by atoms with E-state index in [4.69, 9.17) is 11.6 Å². The summed E-state index contributed by atoms with van der Waals surface area (Å²) in [5.74, 6) is 1.35. The van der Waals surface area contributed by atoms with Gasteiger partial charge in [0, 0.05) is 57.1 Å². The van der Waals surface area contributed by atoms with Gasteiger partial charge in [-0.2, -0.15) is 0 Å². The molecule has 158 valence electrons. The van der Waals surface area contributed by atoms with Crippen LogP contribution in [-0.2, 0) is 16.1 Å². The SMILES string of the molecule is O=C(CSc1nc(Cl)cc(N2CCN(C(=O)C3CC3)CC2)n1)NCc1cccnc1. The predicted octanol–water partition coefficient (Wildman–Crippen LogP) is 1.99. The molecule has 1 aliphatic carbocycles. The van der Waals surface area contributed by atoms with Gasteiger partial charge >= 0.3 is 0 Å². The third-order valence-corrected chi connectivity index (χ3v) is 6.09. The van der Waals surface area contributed by atoms with Crippen molar-refractivity contribution in [2.45, 2.75) is 24.5 Å². The molecule has 1 N–H and O–H groups in total. The number of piperazine rings is 1. The lowest BCUT2D eigenvalue weighted by Gasteiger charge is -2.35. The number of hydrogen-bond donors (Lipinski definition) is 1. The molecule has 4 rings (SSSR count). The van der Waals surface area contributed by atoms with E-state index in [1.807, 2.05) is 17.0 Å². The van der Waals surface area contributed by atoms with E-state index in [0.29, 0.717) is 43.0 Å². The van der Waals surface area contributed by atoms with Gasteiger partial charge in [0.25, 0.3) is 0 Å². The molecule has 0 bridgehead atoms. The van der Waals surface area contributed by atoms with Crippen LogP contribution >= 0.6 is 23.4 Å². The molecule has 0 spiro atoms. The molecule has 2 aliphatic rings. The number of thioether (sulfide) groups is 1.